The smallest absolute Gasteiger partial charge is 0.456 e. The van der Waals surface area contributed by atoms with Crippen LogP contribution in [0, 0.1) is 6.92 Å². The molecule has 0 radical (unpaired) electrons. The van der Waals surface area contributed by atoms with Gasteiger partial charge in [-0.3, -0.25) is 0 Å². The van der Waals surface area contributed by atoms with E-state index in [1.807, 2.05) is 0 Å². The molecule has 0 bridgehead atoms. The zero-order valence-corrected chi connectivity index (χ0v) is 12.2. The molecule has 0 aliphatic carbocycles. The molecule has 0 fully saturated rings. The fraction of sp³-hybridized carbons (Fsp3) is 0.462. The molecule has 1 N–H and O–H groups in total. The average Bonchev–Trinajstić information content (AvgIpc) is 2.25. The molecule has 0 aliphatic rings. The lowest BCUT2D eigenvalue weighted by Crippen LogP contribution is -2.37. The number of carbonyl (C=O) groups is 1. The van der Waals surface area contributed by atoms with E-state index in [1.54, 1.807) is 20.8 Å². The number of carbonyl (C=O) groups excluding carboxylic acids is 1. The SMILES string of the molecule is CNc1cc(C(=O)OC(C)(C)C)cc([B-](F)(F)F)c1C. The third kappa shape index (κ3) is 3.92. The second kappa shape index (κ2) is 5.38. The maximum atomic E-state index is 13.0. The van der Waals surface area contributed by atoms with E-state index in [9.17, 15) is 17.7 Å². The minimum atomic E-state index is -5.19. The summed E-state index contributed by atoms with van der Waals surface area (Å²) in [6.45, 7) is 1.16. The van der Waals surface area contributed by atoms with Crippen LogP contribution in [0.1, 0.15) is 36.7 Å². The molecule has 0 atom stereocenters. The molecule has 0 aromatic heterocycles. The van der Waals surface area contributed by atoms with Crippen molar-refractivity contribution < 1.29 is 22.5 Å². The molecule has 1 aromatic rings. The van der Waals surface area contributed by atoms with Crippen LogP contribution in [0.5, 0.6) is 0 Å². The zero-order valence-electron chi connectivity index (χ0n) is 12.2. The van der Waals surface area contributed by atoms with Gasteiger partial charge in [0.15, 0.2) is 0 Å². The lowest BCUT2D eigenvalue weighted by atomic mass is 9.75. The van der Waals surface area contributed by atoms with Crippen LogP contribution in [0.3, 0.4) is 0 Å². The maximum Gasteiger partial charge on any atom is 0.509 e. The first-order valence-corrected chi connectivity index (χ1v) is 6.21. The van der Waals surface area contributed by atoms with Gasteiger partial charge in [0, 0.05) is 12.7 Å². The summed E-state index contributed by atoms with van der Waals surface area (Å²) in [4.78, 5) is 11.9. The van der Waals surface area contributed by atoms with Gasteiger partial charge in [0.25, 0.3) is 0 Å². The van der Waals surface area contributed by atoms with Gasteiger partial charge in [0.2, 0.25) is 0 Å². The van der Waals surface area contributed by atoms with Crippen LogP contribution in [-0.2, 0) is 4.74 Å². The highest BCUT2D eigenvalue weighted by molar-refractivity contribution is 6.74. The summed E-state index contributed by atoms with van der Waals surface area (Å²) >= 11 is 0. The van der Waals surface area contributed by atoms with Crippen molar-refractivity contribution in [1.29, 1.82) is 0 Å². The Morgan fingerprint density at radius 2 is 1.80 bits per heavy atom. The summed E-state index contributed by atoms with van der Waals surface area (Å²) in [6, 6.07) is 2.22. The van der Waals surface area contributed by atoms with Gasteiger partial charge in [0.05, 0.1) is 5.56 Å². The molecule has 0 unspecified atom stereocenters. The van der Waals surface area contributed by atoms with Gasteiger partial charge in [-0.2, -0.15) is 0 Å². The highest BCUT2D eigenvalue weighted by atomic mass is 19.4. The summed E-state index contributed by atoms with van der Waals surface area (Å²) in [5.41, 5.74) is -1.30. The monoisotopic (exact) mass is 288 g/mol. The Balaban J connectivity index is 3.32. The van der Waals surface area contributed by atoms with Crippen LogP contribution >= 0.6 is 0 Å². The van der Waals surface area contributed by atoms with Gasteiger partial charge in [-0.05, 0) is 33.8 Å². The summed E-state index contributed by atoms with van der Waals surface area (Å²) in [5.74, 6) is -0.768. The highest BCUT2D eigenvalue weighted by Gasteiger charge is 2.30. The largest absolute Gasteiger partial charge is 0.509 e. The van der Waals surface area contributed by atoms with E-state index < -0.39 is 24.0 Å². The molecule has 1 aromatic carbocycles. The van der Waals surface area contributed by atoms with E-state index in [4.69, 9.17) is 4.74 Å². The van der Waals surface area contributed by atoms with Crippen molar-refractivity contribution in [2.24, 2.45) is 0 Å². The Labute approximate surface area is 116 Å². The standard InChI is InChI=1S/C13H18BF3NO2/c1-8-10(14(15,16)17)6-9(7-11(8)18-5)12(19)20-13(2,3)4/h6-7,18H,1-5H3/q-1. The number of halogens is 3. The number of anilines is 1. The molecule has 20 heavy (non-hydrogen) atoms. The third-order valence-corrected chi connectivity index (χ3v) is 2.70. The van der Waals surface area contributed by atoms with Gasteiger partial charge >= 0.3 is 12.9 Å². The number of rotatable bonds is 3. The molecule has 0 saturated carbocycles. The number of hydrogen-bond acceptors (Lipinski definition) is 3. The molecule has 7 heteroatoms. The number of esters is 1. The summed E-state index contributed by atoms with van der Waals surface area (Å²) < 4.78 is 44.2. The molecule has 3 nitrogen and oxygen atoms in total. The second-order valence-electron chi connectivity index (χ2n) is 5.56. The van der Waals surface area contributed by atoms with E-state index >= 15 is 0 Å². The van der Waals surface area contributed by atoms with Crippen molar-refractivity contribution in [2.45, 2.75) is 33.3 Å². The molecule has 1 rings (SSSR count). The van der Waals surface area contributed by atoms with Gasteiger partial charge in [0.1, 0.15) is 5.60 Å². The first kappa shape index (κ1) is 16.4. The predicted molar refractivity (Wildman–Crippen MR) is 74.6 cm³/mol. The summed E-state index contributed by atoms with van der Waals surface area (Å²) in [5, 5.41) is 2.67. The molecule has 0 saturated heterocycles. The Hall–Kier alpha value is -1.66. The molecule has 0 spiro atoms. The quantitative estimate of drug-likeness (QED) is 0.686. The Morgan fingerprint density at radius 1 is 1.25 bits per heavy atom. The topological polar surface area (TPSA) is 38.3 Å². The third-order valence-electron chi connectivity index (χ3n) is 2.70. The van der Waals surface area contributed by atoms with Gasteiger partial charge in [-0.25, -0.2) is 4.79 Å². The van der Waals surface area contributed by atoms with Gasteiger partial charge in [-0.1, -0.05) is 11.6 Å². The molecule has 0 heterocycles. The molecular weight excluding hydrogens is 270 g/mol. The lowest BCUT2D eigenvalue weighted by Gasteiger charge is -2.23. The number of hydrogen-bond donors (Lipinski definition) is 1. The van der Waals surface area contributed by atoms with Crippen LogP contribution in [-0.4, -0.2) is 25.6 Å². The first-order valence-electron chi connectivity index (χ1n) is 6.21. The van der Waals surface area contributed by atoms with Crippen molar-refractivity contribution in [3.63, 3.8) is 0 Å². The average molecular weight is 288 g/mol. The minimum absolute atomic E-state index is 0.0762. The number of ether oxygens (including phenoxy) is 1. The fourth-order valence-corrected chi connectivity index (χ4v) is 1.79. The van der Waals surface area contributed by atoms with E-state index in [1.165, 1.54) is 20.0 Å². The summed E-state index contributed by atoms with van der Waals surface area (Å²) in [7, 11) is 1.51. The molecule has 0 amide bonds. The van der Waals surface area contributed by atoms with E-state index in [0.29, 0.717) is 0 Å². The number of benzene rings is 1. The Bertz CT molecular complexity index is 522. The maximum absolute atomic E-state index is 13.0. The lowest BCUT2D eigenvalue weighted by molar-refractivity contribution is 0.00697. The van der Waals surface area contributed by atoms with Crippen molar-refractivity contribution in [2.75, 3.05) is 12.4 Å². The molecule has 0 aliphatic heterocycles. The second-order valence-corrected chi connectivity index (χ2v) is 5.56. The van der Waals surface area contributed by atoms with E-state index in [-0.39, 0.29) is 16.8 Å². The normalized spacial score (nSPS) is 12.2. The van der Waals surface area contributed by atoms with Gasteiger partial charge < -0.3 is 23.0 Å². The van der Waals surface area contributed by atoms with Crippen LogP contribution in [0.15, 0.2) is 12.1 Å². The van der Waals surface area contributed by atoms with Gasteiger partial charge in [-0.15, -0.1) is 5.46 Å². The zero-order chi connectivity index (χ0) is 15.7. The summed E-state index contributed by atoms with van der Waals surface area (Å²) in [6.07, 6.45) is 0. The number of nitrogens with one attached hydrogen (secondary N) is 1. The van der Waals surface area contributed by atoms with Crippen molar-refractivity contribution in [3.8, 4) is 0 Å². The van der Waals surface area contributed by atoms with Crippen molar-refractivity contribution >= 4 is 24.1 Å². The highest BCUT2D eigenvalue weighted by Crippen LogP contribution is 2.22. The van der Waals surface area contributed by atoms with Crippen LogP contribution in [0.25, 0.3) is 0 Å². The minimum Gasteiger partial charge on any atom is -0.456 e. The molecule has 112 valence electrons. The fourth-order valence-electron chi connectivity index (χ4n) is 1.79. The van der Waals surface area contributed by atoms with E-state index in [2.05, 4.69) is 5.32 Å². The predicted octanol–water partition coefficient (Wildman–Crippen LogP) is 3.05. The Morgan fingerprint density at radius 3 is 2.20 bits per heavy atom. The molecular formula is C13H18BF3NO2-. The van der Waals surface area contributed by atoms with Crippen LogP contribution in [0.2, 0.25) is 0 Å². The first-order chi connectivity index (χ1) is 8.95. The van der Waals surface area contributed by atoms with E-state index in [0.717, 1.165) is 6.07 Å². The Kier molecular flexibility index (Phi) is 4.41. The van der Waals surface area contributed by atoms with Crippen molar-refractivity contribution in [3.05, 3.63) is 23.3 Å². The van der Waals surface area contributed by atoms with Crippen molar-refractivity contribution in [1.82, 2.24) is 0 Å². The van der Waals surface area contributed by atoms with Crippen LogP contribution in [0.4, 0.5) is 18.6 Å². The van der Waals surface area contributed by atoms with Crippen LogP contribution < -0.4 is 10.8 Å².